The molecule has 0 saturated heterocycles. The second kappa shape index (κ2) is 43.7. The molecular weight excluding hydrogens is 1710 g/mol. The van der Waals surface area contributed by atoms with E-state index in [4.69, 9.17) is 0 Å². The van der Waals surface area contributed by atoms with Gasteiger partial charge in [-0.15, -0.1) is 0 Å². The van der Waals surface area contributed by atoms with Crippen molar-refractivity contribution in [2.45, 2.75) is 223 Å². The molecule has 8 aromatic carbocycles. The number of benzene rings is 8. The quantitative estimate of drug-likeness (QED) is 0.0769. The molecule has 0 saturated carbocycles. The van der Waals surface area contributed by atoms with Gasteiger partial charge < -0.3 is 22.8 Å². The molecule has 18 rings (SSSR count). The van der Waals surface area contributed by atoms with Crippen LogP contribution in [0.25, 0.3) is 119 Å². The predicted molar refractivity (Wildman–Crippen MR) is 594 cm³/mol. The average Bonchev–Trinajstić information content (AvgIpc) is 1.62. The summed E-state index contributed by atoms with van der Waals surface area (Å²) in [5.41, 5.74) is 56.7. The number of hydrogen-bond acceptors (Lipinski definition) is 0. The standard InChI is InChI=1S/C31H29N2.C31H37N2.C25H33N2.2C22H27N2/c1-22-18-19-29(32(4)21-22)30-23(2)20-24(3)33(30)31-27(25-12-7-5-8-13-25)16-11-17-28(31)26-14-9-6-10-15-26;1-20(2)27-17-26(25-12-10-9-11-13-25)18-28(21(3)4)31(27)33-24(7)16-23(6)30(33)29-15-14-22(5)19-32(29)8;1-16(2)21-10-9-11-22(17(3)4)25(21)27-20(7)14-19(6)24(27)23-13-12-18(5)15-26(23)8;1-14-8-9-20(23(7)13-14)22-18(5)12-19(6)24(22)21-16(3)10-15(2)11-17(21)4;1-15(2)19-9-7-8-10-20(19)24-18(5)13-17(4)22(24)21-12-11-16(3)14-23(21)6/h5-21H,1-4H3;9-21H,1-8H3;9-17H,1-8H3;8-13H,1-7H3;7-15H,1-6H3/q5*+1. The molecule has 0 amide bonds. The van der Waals surface area contributed by atoms with Gasteiger partial charge in [0.25, 0.3) is 0 Å². The first-order valence-corrected chi connectivity index (χ1v) is 50.7. The summed E-state index contributed by atoms with van der Waals surface area (Å²) in [6, 6.07) is 97.5. The Balaban J connectivity index is 0.000000141. The van der Waals surface area contributed by atoms with Crippen LogP contribution in [0.1, 0.15) is 227 Å². The number of rotatable bonds is 18. The zero-order chi connectivity index (χ0) is 102. The van der Waals surface area contributed by atoms with Crippen LogP contribution >= 0.6 is 0 Å². The number of aromatic nitrogens is 10. The molecule has 0 spiro atoms. The van der Waals surface area contributed by atoms with Gasteiger partial charge in [-0.1, -0.05) is 233 Å². The third-order valence-electron chi connectivity index (χ3n) is 27.9. The summed E-state index contributed by atoms with van der Waals surface area (Å²) in [5.74, 6) is 2.24. The molecule has 0 radical (unpaired) electrons. The lowest BCUT2D eigenvalue weighted by molar-refractivity contribution is -0.661. The molecule has 0 aliphatic heterocycles. The summed E-state index contributed by atoms with van der Waals surface area (Å²) in [5, 5.41) is 0. The van der Waals surface area contributed by atoms with Crippen molar-refractivity contribution in [1.29, 1.82) is 0 Å². The summed E-state index contributed by atoms with van der Waals surface area (Å²) >= 11 is 0. The van der Waals surface area contributed by atoms with E-state index in [9.17, 15) is 0 Å². The second-order valence-electron chi connectivity index (χ2n) is 41.4. The lowest BCUT2D eigenvalue weighted by Gasteiger charge is -2.25. The van der Waals surface area contributed by atoms with Crippen molar-refractivity contribution in [1.82, 2.24) is 22.8 Å². The van der Waals surface area contributed by atoms with E-state index in [-0.39, 0.29) is 0 Å². The smallest absolute Gasteiger partial charge is 0.229 e. The largest absolute Gasteiger partial charge is 0.308 e. The van der Waals surface area contributed by atoms with Gasteiger partial charge in [-0.25, -0.2) is 0 Å². The highest BCUT2D eigenvalue weighted by Crippen LogP contribution is 2.45. The van der Waals surface area contributed by atoms with Crippen LogP contribution in [-0.4, -0.2) is 22.8 Å². The zero-order valence-electron chi connectivity index (χ0n) is 90.6. The molecule has 0 aliphatic carbocycles. The lowest BCUT2D eigenvalue weighted by atomic mass is 9.88. The van der Waals surface area contributed by atoms with Crippen molar-refractivity contribution in [3.8, 4) is 119 Å². The fourth-order valence-corrected chi connectivity index (χ4v) is 21.6. The molecule has 10 nitrogen and oxygen atoms in total. The van der Waals surface area contributed by atoms with Crippen LogP contribution in [0.5, 0.6) is 0 Å². The normalized spacial score (nSPS) is 11.3. The molecule has 0 N–H and O–H groups in total. The SMILES string of the molecule is Cc1cc(C)c(-n2c(C)cc(C)c2-c2ccc(C)c[n+]2C)c(C)c1.Cc1ccc(-c2c(C)cc(C)n2-c2c(-c3ccccc3)cccc2-c2ccccc2)[n+](C)c1.Cc1ccc(-c2c(C)cc(C)n2-c2c(C(C)C)cc(-c3ccccc3)cc2C(C)C)[n+](C)c1.Cc1ccc(-c2c(C)cc(C)n2-c2c(C(C)C)cccc2C(C)C)[n+](C)c1.Cc1ccc(-c2c(C)cc(C)n2-c2ccccc2C(C)C)[n+](C)c1. The Labute approximate surface area is 844 Å². The maximum absolute atomic E-state index is 2.51. The predicted octanol–water partition coefficient (Wildman–Crippen LogP) is 31.0. The highest BCUT2D eigenvalue weighted by Gasteiger charge is 2.32. The van der Waals surface area contributed by atoms with Crippen LogP contribution in [0.2, 0.25) is 0 Å². The first kappa shape index (κ1) is 103. The molecule has 10 heterocycles. The summed E-state index contributed by atoms with van der Waals surface area (Å²) in [4.78, 5) is 0. The molecule has 722 valence electrons. The molecule has 0 atom stereocenters. The van der Waals surface area contributed by atoms with E-state index < -0.39 is 0 Å². The number of pyridine rings is 5. The molecule has 18 aromatic rings. The molecular formula is C131H153N10+5. The topological polar surface area (TPSA) is 44.0 Å². The van der Waals surface area contributed by atoms with Gasteiger partial charge in [-0.05, 0) is 322 Å². The molecule has 0 bridgehead atoms. The Bertz CT molecular complexity index is 7430. The van der Waals surface area contributed by atoms with Crippen LogP contribution < -0.4 is 22.8 Å². The maximum atomic E-state index is 2.51. The van der Waals surface area contributed by atoms with Gasteiger partial charge in [0.1, 0.15) is 63.7 Å². The van der Waals surface area contributed by atoms with Gasteiger partial charge >= 0.3 is 0 Å². The van der Waals surface area contributed by atoms with Crippen LogP contribution in [0.3, 0.4) is 0 Å². The van der Waals surface area contributed by atoms with E-state index >= 15 is 0 Å². The van der Waals surface area contributed by atoms with Crippen LogP contribution in [0.4, 0.5) is 0 Å². The van der Waals surface area contributed by atoms with E-state index in [1.54, 1.807) is 0 Å². The Morgan fingerprint density at radius 1 is 0.184 bits per heavy atom. The second-order valence-corrected chi connectivity index (χ2v) is 41.4. The molecule has 0 aliphatic rings. The van der Waals surface area contributed by atoms with Crippen LogP contribution in [0.15, 0.2) is 298 Å². The van der Waals surface area contributed by atoms with Crippen LogP contribution in [0, 0.1) is 125 Å². The molecule has 0 unspecified atom stereocenters. The third-order valence-corrected chi connectivity index (χ3v) is 27.9. The van der Waals surface area contributed by atoms with Crippen LogP contribution in [-0.2, 0) is 35.2 Å². The number of aryl methyl sites for hydroxylation is 23. The average molecular weight is 1870 g/mol. The summed E-state index contributed by atoms with van der Waals surface area (Å²) < 4.78 is 23.5. The fraction of sp³-hybridized carbons (Fsp3) is 0.290. The Morgan fingerprint density at radius 2 is 0.433 bits per heavy atom. The van der Waals surface area contributed by atoms with Crippen molar-refractivity contribution in [3.05, 3.63) is 427 Å². The minimum absolute atomic E-state index is 0.405. The van der Waals surface area contributed by atoms with Crippen molar-refractivity contribution in [3.63, 3.8) is 0 Å². The maximum Gasteiger partial charge on any atom is 0.229 e. The Kier molecular flexibility index (Phi) is 31.9. The third kappa shape index (κ3) is 21.8. The van der Waals surface area contributed by atoms with E-state index in [1.165, 1.54) is 247 Å². The molecule has 10 aromatic heterocycles. The van der Waals surface area contributed by atoms with Gasteiger partial charge in [0.2, 0.25) is 28.5 Å². The summed E-state index contributed by atoms with van der Waals surface area (Å²) in [6.07, 6.45) is 11.0. The Morgan fingerprint density at radius 3 is 0.738 bits per heavy atom. The van der Waals surface area contributed by atoms with Gasteiger partial charge in [0, 0.05) is 103 Å². The molecule has 0 fully saturated rings. The van der Waals surface area contributed by atoms with E-state index in [1.807, 2.05) is 0 Å². The first-order valence-electron chi connectivity index (χ1n) is 50.7. The van der Waals surface area contributed by atoms with E-state index in [0.29, 0.717) is 29.6 Å². The van der Waals surface area contributed by atoms with Crippen molar-refractivity contribution >= 4 is 0 Å². The van der Waals surface area contributed by atoms with Crippen molar-refractivity contribution in [2.24, 2.45) is 35.2 Å². The number of para-hydroxylation sites is 3. The number of nitrogens with zero attached hydrogens (tertiary/aromatic N) is 10. The summed E-state index contributed by atoms with van der Waals surface area (Å²) in [7, 11) is 10.7. The zero-order valence-corrected chi connectivity index (χ0v) is 90.6. The van der Waals surface area contributed by atoms with E-state index in [0.717, 1.165) is 0 Å². The van der Waals surface area contributed by atoms with Crippen molar-refractivity contribution in [2.75, 3.05) is 0 Å². The van der Waals surface area contributed by atoms with Crippen molar-refractivity contribution < 1.29 is 22.8 Å². The minimum atomic E-state index is 0.405. The monoisotopic (exact) mass is 1870 g/mol. The molecule has 141 heavy (non-hydrogen) atoms. The highest BCUT2D eigenvalue weighted by atomic mass is 15.1. The van der Waals surface area contributed by atoms with Gasteiger partial charge in [-0.3, -0.25) is 0 Å². The minimum Gasteiger partial charge on any atom is -0.308 e. The van der Waals surface area contributed by atoms with Gasteiger partial charge in [0.05, 0.1) is 22.7 Å². The first-order chi connectivity index (χ1) is 67.1. The Hall–Kier alpha value is -14.1. The fourth-order valence-electron chi connectivity index (χ4n) is 21.6. The highest BCUT2D eigenvalue weighted by molar-refractivity contribution is 5.88. The summed E-state index contributed by atoms with van der Waals surface area (Å²) in [6.45, 7) is 62.4. The number of hydrogen-bond donors (Lipinski definition) is 0. The van der Waals surface area contributed by atoms with Gasteiger partial charge in [0.15, 0.2) is 31.0 Å². The van der Waals surface area contributed by atoms with E-state index in [2.05, 4.69) is 573 Å². The molecule has 10 heteroatoms. The lowest BCUT2D eigenvalue weighted by Crippen LogP contribution is -2.32. The van der Waals surface area contributed by atoms with Gasteiger partial charge in [-0.2, -0.15) is 22.8 Å².